The summed E-state index contributed by atoms with van der Waals surface area (Å²) in [7, 11) is 1.74. The lowest BCUT2D eigenvalue weighted by molar-refractivity contribution is 0.231. The lowest BCUT2D eigenvalue weighted by Crippen LogP contribution is -2.45. The Morgan fingerprint density at radius 1 is 1.27 bits per heavy atom. The van der Waals surface area contributed by atoms with E-state index in [1.165, 1.54) is 0 Å². The van der Waals surface area contributed by atoms with Gasteiger partial charge in [0.25, 0.3) is 0 Å². The van der Waals surface area contributed by atoms with Gasteiger partial charge in [0.1, 0.15) is 5.82 Å². The van der Waals surface area contributed by atoms with E-state index in [1.54, 1.807) is 26.1 Å². The fraction of sp³-hybridized carbons (Fsp3) is 0.588. The van der Waals surface area contributed by atoms with Gasteiger partial charge in [-0.1, -0.05) is 26.0 Å². The first-order chi connectivity index (χ1) is 10.5. The van der Waals surface area contributed by atoms with Crippen molar-refractivity contribution >= 4 is 5.96 Å². The molecule has 0 radical (unpaired) electrons. The quantitative estimate of drug-likeness (QED) is 0.601. The van der Waals surface area contributed by atoms with Crippen LogP contribution < -0.4 is 10.6 Å². The van der Waals surface area contributed by atoms with E-state index in [9.17, 15) is 4.39 Å². The molecule has 0 aromatic heterocycles. The van der Waals surface area contributed by atoms with Gasteiger partial charge in [0.05, 0.1) is 0 Å². The van der Waals surface area contributed by atoms with E-state index < -0.39 is 0 Å². The molecule has 2 N–H and O–H groups in total. The van der Waals surface area contributed by atoms with Gasteiger partial charge in [-0.2, -0.15) is 0 Å². The van der Waals surface area contributed by atoms with Crippen LogP contribution in [0.25, 0.3) is 0 Å². The average Bonchev–Trinajstić information content (AvgIpc) is 2.52. The van der Waals surface area contributed by atoms with Crippen LogP contribution in [-0.2, 0) is 6.54 Å². The Balaban J connectivity index is 2.47. The van der Waals surface area contributed by atoms with E-state index in [-0.39, 0.29) is 5.82 Å². The number of likely N-dealkylation sites (N-methyl/N-ethyl adjacent to an activating group) is 1. The van der Waals surface area contributed by atoms with Gasteiger partial charge in [0.2, 0.25) is 0 Å². The van der Waals surface area contributed by atoms with Crippen molar-refractivity contribution in [3.8, 4) is 0 Å². The molecule has 1 unspecified atom stereocenters. The first-order valence-electron chi connectivity index (χ1n) is 7.95. The van der Waals surface area contributed by atoms with Crippen molar-refractivity contribution in [3.63, 3.8) is 0 Å². The first-order valence-corrected chi connectivity index (χ1v) is 7.95. The highest BCUT2D eigenvalue weighted by atomic mass is 19.1. The van der Waals surface area contributed by atoms with Crippen molar-refractivity contribution in [2.24, 2.45) is 4.99 Å². The van der Waals surface area contributed by atoms with Crippen LogP contribution in [0.4, 0.5) is 4.39 Å². The first kappa shape index (κ1) is 18.4. The van der Waals surface area contributed by atoms with Crippen molar-refractivity contribution in [1.29, 1.82) is 0 Å². The normalized spacial score (nSPS) is 13.3. The second kappa shape index (κ2) is 9.41. The van der Waals surface area contributed by atoms with Crippen LogP contribution in [0, 0.1) is 12.7 Å². The van der Waals surface area contributed by atoms with Gasteiger partial charge in [0, 0.05) is 26.2 Å². The van der Waals surface area contributed by atoms with Crippen LogP contribution >= 0.6 is 0 Å². The molecule has 0 aliphatic heterocycles. The van der Waals surface area contributed by atoms with Crippen molar-refractivity contribution in [3.05, 3.63) is 35.1 Å². The van der Waals surface area contributed by atoms with E-state index in [4.69, 9.17) is 0 Å². The minimum atomic E-state index is -0.169. The Morgan fingerprint density at radius 2 is 1.95 bits per heavy atom. The second-order valence-corrected chi connectivity index (χ2v) is 5.46. The average molecular weight is 308 g/mol. The van der Waals surface area contributed by atoms with E-state index in [2.05, 4.69) is 41.3 Å². The fourth-order valence-electron chi connectivity index (χ4n) is 2.37. The number of aliphatic imine (C=N–C) groups is 1. The fourth-order valence-corrected chi connectivity index (χ4v) is 2.37. The van der Waals surface area contributed by atoms with E-state index >= 15 is 0 Å². The molecule has 1 aromatic rings. The standard InChI is InChI=1S/C17H29FN4/c1-6-22(7-2)14(4)11-20-17(19-5)21-12-15-9-8-13(3)16(18)10-15/h8-10,14H,6-7,11-12H2,1-5H3,(H2,19,20,21). The summed E-state index contributed by atoms with van der Waals surface area (Å²) in [4.78, 5) is 6.59. The highest BCUT2D eigenvalue weighted by Gasteiger charge is 2.10. The number of benzene rings is 1. The maximum Gasteiger partial charge on any atom is 0.191 e. The van der Waals surface area contributed by atoms with Crippen molar-refractivity contribution < 1.29 is 4.39 Å². The summed E-state index contributed by atoms with van der Waals surface area (Å²) < 4.78 is 13.5. The third kappa shape index (κ3) is 5.64. The largest absolute Gasteiger partial charge is 0.355 e. The van der Waals surface area contributed by atoms with Crippen molar-refractivity contribution in [1.82, 2.24) is 15.5 Å². The Bertz CT molecular complexity index is 484. The molecular formula is C17H29FN4. The molecular weight excluding hydrogens is 279 g/mol. The van der Waals surface area contributed by atoms with Gasteiger partial charge in [-0.05, 0) is 44.1 Å². The number of hydrogen-bond acceptors (Lipinski definition) is 2. The van der Waals surface area contributed by atoms with Crippen LogP contribution in [0.5, 0.6) is 0 Å². The van der Waals surface area contributed by atoms with Crippen LogP contribution in [0.15, 0.2) is 23.2 Å². The van der Waals surface area contributed by atoms with Crippen molar-refractivity contribution in [2.75, 3.05) is 26.7 Å². The highest BCUT2D eigenvalue weighted by Crippen LogP contribution is 2.08. The van der Waals surface area contributed by atoms with Gasteiger partial charge in [-0.15, -0.1) is 0 Å². The summed E-state index contributed by atoms with van der Waals surface area (Å²) in [6.07, 6.45) is 0. The minimum Gasteiger partial charge on any atom is -0.355 e. The topological polar surface area (TPSA) is 39.7 Å². The second-order valence-electron chi connectivity index (χ2n) is 5.46. The third-order valence-electron chi connectivity index (χ3n) is 3.92. The third-order valence-corrected chi connectivity index (χ3v) is 3.92. The van der Waals surface area contributed by atoms with E-state index in [1.807, 2.05) is 6.07 Å². The highest BCUT2D eigenvalue weighted by molar-refractivity contribution is 5.79. The molecule has 0 saturated heterocycles. The smallest absolute Gasteiger partial charge is 0.191 e. The molecule has 4 nitrogen and oxygen atoms in total. The molecule has 0 fully saturated rings. The summed E-state index contributed by atoms with van der Waals surface area (Å²) in [5, 5.41) is 6.53. The molecule has 0 bridgehead atoms. The van der Waals surface area contributed by atoms with Gasteiger partial charge in [0.15, 0.2) is 5.96 Å². The maximum absolute atomic E-state index is 13.5. The van der Waals surface area contributed by atoms with Gasteiger partial charge in [-0.3, -0.25) is 9.89 Å². The number of guanidine groups is 1. The van der Waals surface area contributed by atoms with Crippen molar-refractivity contribution in [2.45, 2.75) is 40.3 Å². The predicted molar refractivity (Wildman–Crippen MR) is 91.7 cm³/mol. The molecule has 0 aliphatic rings. The molecule has 5 heteroatoms. The molecule has 0 aliphatic carbocycles. The number of hydrogen-bond donors (Lipinski definition) is 2. The SMILES string of the molecule is CCN(CC)C(C)CNC(=NC)NCc1ccc(C)c(F)c1. The molecule has 1 aromatic carbocycles. The Hall–Kier alpha value is -1.62. The summed E-state index contributed by atoms with van der Waals surface area (Å²) in [5.41, 5.74) is 1.57. The Morgan fingerprint density at radius 3 is 2.50 bits per heavy atom. The lowest BCUT2D eigenvalue weighted by Gasteiger charge is -2.27. The Kier molecular flexibility index (Phi) is 7.88. The van der Waals surface area contributed by atoms with E-state index in [0.717, 1.165) is 31.2 Å². The summed E-state index contributed by atoms with van der Waals surface area (Å²) >= 11 is 0. The number of nitrogens with zero attached hydrogens (tertiary/aromatic N) is 2. The summed E-state index contributed by atoms with van der Waals surface area (Å²) in [5.74, 6) is 0.567. The molecule has 0 amide bonds. The van der Waals surface area contributed by atoms with Gasteiger partial charge < -0.3 is 10.6 Å². The zero-order valence-corrected chi connectivity index (χ0v) is 14.4. The zero-order chi connectivity index (χ0) is 16.5. The summed E-state index contributed by atoms with van der Waals surface area (Å²) in [6, 6.07) is 5.72. The number of rotatable bonds is 7. The molecule has 1 atom stereocenters. The predicted octanol–water partition coefficient (Wildman–Crippen LogP) is 2.53. The molecule has 1 rings (SSSR count). The molecule has 124 valence electrons. The molecule has 0 saturated carbocycles. The number of nitrogens with one attached hydrogen (secondary N) is 2. The molecule has 0 heterocycles. The molecule has 22 heavy (non-hydrogen) atoms. The van der Waals surface area contributed by atoms with Gasteiger partial charge in [-0.25, -0.2) is 4.39 Å². The van der Waals surface area contributed by atoms with Crippen LogP contribution in [-0.4, -0.2) is 43.6 Å². The maximum atomic E-state index is 13.5. The number of halogens is 1. The number of aryl methyl sites for hydroxylation is 1. The minimum absolute atomic E-state index is 0.169. The van der Waals surface area contributed by atoms with E-state index in [0.29, 0.717) is 18.2 Å². The van der Waals surface area contributed by atoms with Crippen LogP contribution in [0.2, 0.25) is 0 Å². The van der Waals surface area contributed by atoms with Crippen LogP contribution in [0.1, 0.15) is 31.9 Å². The molecule has 0 spiro atoms. The van der Waals surface area contributed by atoms with Gasteiger partial charge >= 0.3 is 0 Å². The lowest BCUT2D eigenvalue weighted by atomic mass is 10.1. The Labute approximate surface area is 133 Å². The zero-order valence-electron chi connectivity index (χ0n) is 14.4. The van der Waals surface area contributed by atoms with Crippen LogP contribution in [0.3, 0.4) is 0 Å². The summed E-state index contributed by atoms with van der Waals surface area (Å²) in [6.45, 7) is 11.7. The monoisotopic (exact) mass is 308 g/mol.